The highest BCUT2D eigenvalue weighted by molar-refractivity contribution is 7.10. The SMILES string of the molecule is CC(C)(C)C(O)CCN1CCc2sccc2C1. The minimum absolute atomic E-state index is 0.00330. The predicted octanol–water partition coefficient (Wildman–Crippen LogP) is 2.90. The fraction of sp³-hybridized carbons (Fsp3) is 0.714. The average molecular weight is 253 g/mol. The van der Waals surface area contributed by atoms with Crippen LogP contribution in [-0.2, 0) is 13.0 Å². The van der Waals surface area contributed by atoms with Gasteiger partial charge in [0.05, 0.1) is 6.10 Å². The van der Waals surface area contributed by atoms with Crippen LogP contribution in [0, 0.1) is 5.41 Å². The number of hydrogen-bond acceptors (Lipinski definition) is 3. The van der Waals surface area contributed by atoms with Crippen molar-refractivity contribution in [3.63, 3.8) is 0 Å². The highest BCUT2D eigenvalue weighted by Crippen LogP contribution is 2.26. The molecule has 0 aromatic carbocycles. The molecule has 0 fully saturated rings. The average Bonchev–Trinajstić information content (AvgIpc) is 2.71. The number of nitrogens with zero attached hydrogens (tertiary/aromatic N) is 1. The molecule has 0 aliphatic carbocycles. The van der Waals surface area contributed by atoms with E-state index >= 15 is 0 Å². The van der Waals surface area contributed by atoms with Crippen molar-refractivity contribution in [3.8, 4) is 0 Å². The lowest BCUT2D eigenvalue weighted by molar-refractivity contribution is 0.0443. The van der Waals surface area contributed by atoms with Gasteiger partial charge in [-0.3, -0.25) is 4.90 Å². The second-order valence-electron chi connectivity index (χ2n) is 6.07. The van der Waals surface area contributed by atoms with Gasteiger partial charge in [-0.15, -0.1) is 11.3 Å². The monoisotopic (exact) mass is 253 g/mol. The Bertz CT molecular complexity index is 367. The van der Waals surface area contributed by atoms with Gasteiger partial charge in [0.1, 0.15) is 0 Å². The Kier molecular flexibility index (Phi) is 3.91. The van der Waals surface area contributed by atoms with Gasteiger partial charge in [-0.05, 0) is 35.3 Å². The van der Waals surface area contributed by atoms with E-state index in [-0.39, 0.29) is 11.5 Å². The lowest BCUT2D eigenvalue weighted by Crippen LogP contribution is -2.35. The lowest BCUT2D eigenvalue weighted by atomic mass is 9.87. The third-order valence-corrected chi connectivity index (χ3v) is 4.63. The smallest absolute Gasteiger partial charge is 0.0600 e. The van der Waals surface area contributed by atoms with E-state index in [1.54, 1.807) is 4.88 Å². The quantitative estimate of drug-likeness (QED) is 0.895. The zero-order valence-corrected chi connectivity index (χ0v) is 11.9. The second kappa shape index (κ2) is 5.09. The van der Waals surface area contributed by atoms with E-state index in [1.807, 2.05) is 11.3 Å². The molecule has 2 nitrogen and oxygen atoms in total. The Hall–Kier alpha value is -0.380. The van der Waals surface area contributed by atoms with Gasteiger partial charge in [0, 0.05) is 24.5 Å². The number of aliphatic hydroxyl groups excluding tert-OH is 1. The van der Waals surface area contributed by atoms with Gasteiger partial charge in [0.15, 0.2) is 0 Å². The summed E-state index contributed by atoms with van der Waals surface area (Å²) >= 11 is 1.88. The van der Waals surface area contributed by atoms with E-state index in [0.717, 1.165) is 26.1 Å². The van der Waals surface area contributed by atoms with Crippen molar-refractivity contribution in [3.05, 3.63) is 21.9 Å². The maximum atomic E-state index is 10.0. The Morgan fingerprint density at radius 3 is 2.94 bits per heavy atom. The van der Waals surface area contributed by atoms with Crippen LogP contribution in [0.4, 0.5) is 0 Å². The molecule has 1 atom stereocenters. The van der Waals surface area contributed by atoms with Gasteiger partial charge in [-0.2, -0.15) is 0 Å². The summed E-state index contributed by atoms with van der Waals surface area (Å²) in [5.41, 5.74) is 1.50. The zero-order valence-electron chi connectivity index (χ0n) is 11.1. The van der Waals surface area contributed by atoms with Crippen LogP contribution in [-0.4, -0.2) is 29.2 Å². The molecule has 0 bridgehead atoms. The van der Waals surface area contributed by atoms with Gasteiger partial charge in [0.2, 0.25) is 0 Å². The van der Waals surface area contributed by atoms with Crippen LogP contribution in [0.15, 0.2) is 11.4 Å². The standard InChI is InChI=1S/C14H23NOS/c1-14(2,3)13(16)5-8-15-7-4-12-11(10-15)6-9-17-12/h6,9,13,16H,4-5,7-8,10H2,1-3H3. The fourth-order valence-corrected chi connectivity index (χ4v) is 3.13. The molecule has 0 saturated heterocycles. The first-order chi connectivity index (χ1) is 7.97. The van der Waals surface area contributed by atoms with Crippen molar-refractivity contribution >= 4 is 11.3 Å². The summed E-state index contributed by atoms with van der Waals surface area (Å²) in [4.78, 5) is 4.02. The van der Waals surface area contributed by atoms with E-state index in [4.69, 9.17) is 0 Å². The molecule has 17 heavy (non-hydrogen) atoms. The molecular weight excluding hydrogens is 230 g/mol. The predicted molar refractivity (Wildman–Crippen MR) is 73.4 cm³/mol. The number of rotatable bonds is 3. The minimum Gasteiger partial charge on any atom is -0.393 e. The summed E-state index contributed by atoms with van der Waals surface area (Å²) in [7, 11) is 0. The lowest BCUT2D eigenvalue weighted by Gasteiger charge is -2.31. The first-order valence-corrected chi connectivity index (χ1v) is 7.30. The minimum atomic E-state index is -0.202. The Balaban J connectivity index is 1.83. The summed E-state index contributed by atoms with van der Waals surface area (Å²) in [6, 6.07) is 2.24. The van der Waals surface area contributed by atoms with E-state index < -0.39 is 0 Å². The zero-order chi connectivity index (χ0) is 12.5. The molecule has 1 aromatic rings. The van der Waals surface area contributed by atoms with Crippen LogP contribution in [0.5, 0.6) is 0 Å². The normalized spacial score (nSPS) is 19.1. The molecule has 1 N–H and O–H groups in total. The van der Waals surface area contributed by atoms with Crippen LogP contribution in [0.3, 0.4) is 0 Å². The van der Waals surface area contributed by atoms with Gasteiger partial charge in [-0.25, -0.2) is 0 Å². The molecule has 1 unspecified atom stereocenters. The highest BCUT2D eigenvalue weighted by Gasteiger charge is 2.23. The molecule has 0 spiro atoms. The van der Waals surface area contributed by atoms with Crippen molar-refractivity contribution in [1.29, 1.82) is 0 Å². The van der Waals surface area contributed by atoms with Crippen molar-refractivity contribution < 1.29 is 5.11 Å². The molecule has 3 heteroatoms. The molecule has 2 rings (SSSR count). The van der Waals surface area contributed by atoms with Gasteiger partial charge in [0.25, 0.3) is 0 Å². The van der Waals surface area contributed by atoms with Gasteiger partial charge < -0.3 is 5.11 Å². The molecule has 1 aliphatic heterocycles. The van der Waals surface area contributed by atoms with Gasteiger partial charge >= 0.3 is 0 Å². The van der Waals surface area contributed by atoms with E-state index in [9.17, 15) is 5.11 Å². The molecule has 1 aromatic heterocycles. The summed E-state index contributed by atoms with van der Waals surface area (Å²) in [5, 5.41) is 12.2. The Morgan fingerprint density at radius 2 is 2.24 bits per heavy atom. The number of hydrogen-bond donors (Lipinski definition) is 1. The second-order valence-corrected chi connectivity index (χ2v) is 7.07. The fourth-order valence-electron chi connectivity index (χ4n) is 2.24. The molecule has 96 valence electrons. The summed E-state index contributed by atoms with van der Waals surface area (Å²) in [5.74, 6) is 0. The third-order valence-electron chi connectivity index (χ3n) is 3.61. The maximum Gasteiger partial charge on any atom is 0.0600 e. The summed E-state index contributed by atoms with van der Waals surface area (Å²) < 4.78 is 0. The van der Waals surface area contributed by atoms with Crippen LogP contribution in [0.2, 0.25) is 0 Å². The van der Waals surface area contributed by atoms with Crippen LogP contribution >= 0.6 is 11.3 Å². The first kappa shape index (κ1) is 13.1. The van der Waals surface area contributed by atoms with E-state index in [1.165, 1.54) is 12.0 Å². The summed E-state index contributed by atoms with van der Waals surface area (Å²) in [6.07, 6.45) is 1.85. The molecule has 1 aliphatic rings. The third kappa shape index (κ3) is 3.30. The van der Waals surface area contributed by atoms with E-state index in [0.29, 0.717) is 0 Å². The van der Waals surface area contributed by atoms with Crippen molar-refractivity contribution in [2.45, 2.75) is 46.3 Å². The Labute approximate surface area is 108 Å². The molecular formula is C14H23NOS. The van der Waals surface area contributed by atoms with Crippen LogP contribution < -0.4 is 0 Å². The van der Waals surface area contributed by atoms with Crippen LogP contribution in [0.1, 0.15) is 37.6 Å². The number of fused-ring (bicyclic) bond motifs is 1. The highest BCUT2D eigenvalue weighted by atomic mass is 32.1. The largest absolute Gasteiger partial charge is 0.393 e. The molecule has 0 amide bonds. The van der Waals surface area contributed by atoms with E-state index in [2.05, 4.69) is 37.1 Å². The van der Waals surface area contributed by atoms with Gasteiger partial charge in [-0.1, -0.05) is 20.8 Å². The molecule has 2 heterocycles. The molecule has 0 saturated carbocycles. The Morgan fingerprint density at radius 1 is 1.47 bits per heavy atom. The van der Waals surface area contributed by atoms with Crippen molar-refractivity contribution in [1.82, 2.24) is 4.90 Å². The molecule has 0 radical (unpaired) electrons. The maximum absolute atomic E-state index is 10.0. The van der Waals surface area contributed by atoms with Crippen molar-refractivity contribution in [2.75, 3.05) is 13.1 Å². The number of aliphatic hydroxyl groups is 1. The topological polar surface area (TPSA) is 23.5 Å². The number of thiophene rings is 1. The van der Waals surface area contributed by atoms with Crippen molar-refractivity contribution in [2.24, 2.45) is 5.41 Å². The summed E-state index contributed by atoms with van der Waals surface area (Å²) in [6.45, 7) is 9.52. The first-order valence-electron chi connectivity index (χ1n) is 6.42. The van der Waals surface area contributed by atoms with Crippen LogP contribution in [0.25, 0.3) is 0 Å².